The van der Waals surface area contributed by atoms with Gasteiger partial charge in [0.2, 0.25) is 0 Å². The van der Waals surface area contributed by atoms with Crippen LogP contribution in [0.3, 0.4) is 0 Å². The number of rotatable bonds is 11. The summed E-state index contributed by atoms with van der Waals surface area (Å²) < 4.78 is 11.6. The summed E-state index contributed by atoms with van der Waals surface area (Å²) in [7, 11) is 0. The highest BCUT2D eigenvalue weighted by atomic mass is 35.5. The van der Waals surface area contributed by atoms with Crippen LogP contribution in [-0.4, -0.2) is 18.6 Å². The first-order valence-corrected chi connectivity index (χ1v) is 10.1. The van der Waals surface area contributed by atoms with E-state index in [0.717, 1.165) is 41.0 Å². The Morgan fingerprint density at radius 3 is 2.36 bits per heavy atom. The van der Waals surface area contributed by atoms with Crippen LogP contribution in [0.4, 0.5) is 0 Å². The van der Waals surface area contributed by atoms with Gasteiger partial charge in [-0.15, -0.1) is 11.6 Å². The van der Waals surface area contributed by atoms with Gasteiger partial charge in [-0.2, -0.15) is 0 Å². The lowest BCUT2D eigenvalue weighted by molar-refractivity contribution is 0.243. The van der Waals surface area contributed by atoms with E-state index < -0.39 is 0 Å². The number of ether oxygens (including phenoxy) is 2. The fourth-order valence-electron chi connectivity index (χ4n) is 2.79. The van der Waals surface area contributed by atoms with E-state index >= 15 is 0 Å². The minimum absolute atomic E-state index is 0.158. The molecule has 2 rings (SSSR count). The van der Waals surface area contributed by atoms with Crippen molar-refractivity contribution in [2.75, 3.05) is 12.5 Å². The molecule has 0 bridgehead atoms. The lowest BCUT2D eigenvalue weighted by Crippen LogP contribution is -2.05. The smallest absolute Gasteiger partial charge is 0.138 e. The van der Waals surface area contributed by atoms with Gasteiger partial charge in [-0.1, -0.05) is 43.4 Å². The van der Waals surface area contributed by atoms with Crippen molar-refractivity contribution in [2.24, 2.45) is 0 Å². The Kier molecular flexibility index (Phi) is 8.71. The monoisotopic (exact) mass is 382 g/mol. The average Bonchev–Trinajstić information content (AvgIpc) is 2.58. The van der Waals surface area contributed by atoms with Crippen molar-refractivity contribution in [1.29, 1.82) is 0 Å². The van der Waals surface area contributed by atoms with E-state index in [1.54, 1.807) is 0 Å². The molecule has 25 heavy (non-hydrogen) atoms. The molecule has 0 heterocycles. The predicted octanol–water partition coefficient (Wildman–Crippen LogP) is 7.24. The Bertz CT molecular complexity index is 656. The zero-order valence-corrected chi connectivity index (χ0v) is 16.7. The van der Waals surface area contributed by atoms with Crippen molar-refractivity contribution in [3.05, 3.63) is 35.4 Å². The summed E-state index contributed by atoms with van der Waals surface area (Å²) in [5.41, 5.74) is 0. The number of halogens is 2. The third-order valence-corrected chi connectivity index (χ3v) is 4.70. The molecule has 0 N–H and O–H groups in total. The van der Waals surface area contributed by atoms with Crippen LogP contribution in [0.2, 0.25) is 5.02 Å². The van der Waals surface area contributed by atoms with Gasteiger partial charge < -0.3 is 9.47 Å². The predicted molar refractivity (Wildman–Crippen MR) is 109 cm³/mol. The Morgan fingerprint density at radius 1 is 0.920 bits per heavy atom. The maximum absolute atomic E-state index is 6.52. The van der Waals surface area contributed by atoms with Crippen LogP contribution in [0.15, 0.2) is 30.3 Å². The second kappa shape index (κ2) is 10.8. The van der Waals surface area contributed by atoms with Crippen LogP contribution in [0.5, 0.6) is 11.5 Å². The van der Waals surface area contributed by atoms with Crippen molar-refractivity contribution in [3.63, 3.8) is 0 Å². The molecule has 0 aliphatic heterocycles. The molecule has 2 aromatic carbocycles. The summed E-state index contributed by atoms with van der Waals surface area (Å²) in [6.45, 7) is 4.74. The molecule has 2 nitrogen and oxygen atoms in total. The molecule has 0 aromatic heterocycles. The van der Waals surface area contributed by atoms with Gasteiger partial charge in [0.1, 0.15) is 11.5 Å². The van der Waals surface area contributed by atoms with Crippen LogP contribution in [0.25, 0.3) is 10.8 Å². The number of benzene rings is 2. The zero-order chi connectivity index (χ0) is 18.1. The van der Waals surface area contributed by atoms with Gasteiger partial charge in [0.05, 0.1) is 17.7 Å². The molecule has 0 aliphatic rings. The lowest BCUT2D eigenvalue weighted by atomic mass is 10.1. The van der Waals surface area contributed by atoms with Crippen LogP contribution in [0, 0.1) is 0 Å². The van der Waals surface area contributed by atoms with Crippen molar-refractivity contribution in [3.8, 4) is 11.5 Å². The quantitative estimate of drug-likeness (QED) is 0.301. The van der Waals surface area contributed by atoms with Gasteiger partial charge in [0.25, 0.3) is 0 Å². The molecule has 0 aliphatic carbocycles. The molecule has 0 amide bonds. The number of fused-ring (bicyclic) bond motifs is 1. The highest BCUT2D eigenvalue weighted by Gasteiger charge is 2.08. The van der Waals surface area contributed by atoms with Crippen molar-refractivity contribution in [1.82, 2.24) is 0 Å². The lowest BCUT2D eigenvalue weighted by Gasteiger charge is -2.13. The van der Waals surface area contributed by atoms with Crippen LogP contribution < -0.4 is 9.47 Å². The van der Waals surface area contributed by atoms with E-state index in [9.17, 15) is 0 Å². The summed E-state index contributed by atoms with van der Waals surface area (Å²) in [6.07, 6.45) is 7.23. The molecular formula is C21H28Cl2O2. The highest BCUT2D eigenvalue weighted by molar-refractivity contribution is 6.37. The van der Waals surface area contributed by atoms with E-state index in [0.29, 0.717) is 11.6 Å². The van der Waals surface area contributed by atoms with Gasteiger partial charge >= 0.3 is 0 Å². The molecule has 138 valence electrons. The van der Waals surface area contributed by atoms with Gasteiger partial charge in [0, 0.05) is 11.3 Å². The summed E-state index contributed by atoms with van der Waals surface area (Å²) in [6, 6.07) is 9.96. The Morgan fingerprint density at radius 2 is 1.64 bits per heavy atom. The first-order valence-electron chi connectivity index (χ1n) is 9.19. The Labute approximate surface area is 161 Å². The highest BCUT2D eigenvalue weighted by Crippen LogP contribution is 2.34. The number of alkyl halides is 1. The van der Waals surface area contributed by atoms with E-state index in [2.05, 4.69) is 0 Å². The number of hydrogen-bond donors (Lipinski definition) is 0. The summed E-state index contributed by atoms with van der Waals surface area (Å²) >= 11 is 12.2. The molecule has 0 saturated carbocycles. The Hall–Kier alpha value is -1.12. The molecule has 0 atom stereocenters. The number of hydrogen-bond acceptors (Lipinski definition) is 2. The maximum atomic E-state index is 6.52. The van der Waals surface area contributed by atoms with E-state index in [4.69, 9.17) is 32.7 Å². The molecule has 0 radical (unpaired) electrons. The average molecular weight is 383 g/mol. The topological polar surface area (TPSA) is 18.5 Å². The van der Waals surface area contributed by atoms with Gasteiger partial charge in [-0.05, 0) is 56.3 Å². The molecule has 0 spiro atoms. The van der Waals surface area contributed by atoms with Crippen molar-refractivity contribution >= 4 is 34.0 Å². The third kappa shape index (κ3) is 6.60. The molecule has 0 fully saturated rings. The fraction of sp³-hybridized carbons (Fsp3) is 0.524. The zero-order valence-electron chi connectivity index (χ0n) is 15.2. The SMILES string of the molecule is CC(C)Oc1ccc2c(Cl)c(OCCCCCCCCCl)ccc2c1. The van der Waals surface area contributed by atoms with Crippen LogP contribution >= 0.6 is 23.2 Å². The van der Waals surface area contributed by atoms with Crippen LogP contribution in [-0.2, 0) is 0 Å². The van der Waals surface area contributed by atoms with Gasteiger partial charge in [-0.25, -0.2) is 0 Å². The van der Waals surface area contributed by atoms with Gasteiger partial charge in [0.15, 0.2) is 0 Å². The largest absolute Gasteiger partial charge is 0.492 e. The Balaban J connectivity index is 1.86. The summed E-state index contributed by atoms with van der Waals surface area (Å²) in [4.78, 5) is 0. The fourth-order valence-corrected chi connectivity index (χ4v) is 3.27. The first-order chi connectivity index (χ1) is 12.1. The van der Waals surface area contributed by atoms with Crippen molar-refractivity contribution < 1.29 is 9.47 Å². The molecular weight excluding hydrogens is 355 g/mol. The van der Waals surface area contributed by atoms with E-state index in [1.807, 2.05) is 44.2 Å². The molecule has 0 unspecified atom stereocenters. The maximum Gasteiger partial charge on any atom is 0.138 e. The van der Waals surface area contributed by atoms with Crippen LogP contribution in [0.1, 0.15) is 52.4 Å². The summed E-state index contributed by atoms with van der Waals surface area (Å²) in [5.74, 6) is 2.39. The first kappa shape index (κ1) is 20.2. The molecule has 0 saturated heterocycles. The number of unbranched alkanes of at least 4 members (excludes halogenated alkanes) is 5. The van der Waals surface area contributed by atoms with E-state index in [-0.39, 0.29) is 6.10 Å². The minimum atomic E-state index is 0.158. The summed E-state index contributed by atoms with van der Waals surface area (Å²) in [5, 5.41) is 2.74. The second-order valence-corrected chi connectivity index (χ2v) is 7.34. The third-order valence-electron chi connectivity index (χ3n) is 4.05. The normalized spacial score (nSPS) is 11.2. The standard InChI is InChI=1S/C21H28Cl2O2/c1-16(2)25-18-10-11-19-17(15-18)9-12-20(21(19)23)24-14-8-6-4-3-5-7-13-22/h9-12,15-16H,3-8,13-14H2,1-2H3. The second-order valence-electron chi connectivity index (χ2n) is 6.59. The minimum Gasteiger partial charge on any atom is -0.492 e. The molecule has 2 aromatic rings. The van der Waals surface area contributed by atoms with Gasteiger partial charge in [-0.3, -0.25) is 0 Å². The molecule has 4 heteroatoms. The van der Waals surface area contributed by atoms with E-state index in [1.165, 1.54) is 25.7 Å². The van der Waals surface area contributed by atoms with Crippen molar-refractivity contribution in [2.45, 2.75) is 58.5 Å².